The van der Waals surface area contributed by atoms with Gasteiger partial charge in [-0.2, -0.15) is 8.42 Å². The Morgan fingerprint density at radius 2 is 2.05 bits per heavy atom. The third-order valence-electron chi connectivity index (χ3n) is 1.80. The second-order valence-electron chi connectivity index (χ2n) is 3.20. The Hall–Kier alpha value is -2.27. The Kier molecular flexibility index (Phi) is 4.34. The normalized spacial score (nSPS) is 11.9. The molecule has 0 saturated carbocycles. The Bertz CT molecular complexity index is 655. The van der Waals surface area contributed by atoms with Crippen LogP contribution in [0.1, 0.15) is 0 Å². The number of nitro benzene ring substituents is 1. The molecule has 19 heavy (non-hydrogen) atoms. The molecule has 0 saturated heterocycles. The number of hydrogen-bond donors (Lipinski definition) is 3. The van der Waals surface area contributed by atoms with Gasteiger partial charge in [0.15, 0.2) is 5.11 Å². The lowest BCUT2D eigenvalue weighted by atomic mass is 10.3. The highest BCUT2D eigenvalue weighted by atomic mass is 32.2. The van der Waals surface area contributed by atoms with Gasteiger partial charge in [-0.3, -0.25) is 10.1 Å². The van der Waals surface area contributed by atoms with E-state index in [0.717, 1.165) is 18.2 Å². The second-order valence-corrected chi connectivity index (χ2v) is 5.24. The summed E-state index contributed by atoms with van der Waals surface area (Å²) in [7, 11) is -4.18. The molecule has 11 heteroatoms. The Morgan fingerprint density at radius 1 is 1.42 bits per heavy atom. The zero-order chi connectivity index (χ0) is 14.6. The number of hydrogen-bond acceptors (Lipinski definition) is 5. The molecule has 0 amide bonds. The monoisotopic (exact) mass is 303 g/mol. The summed E-state index contributed by atoms with van der Waals surface area (Å²) in [5, 5.41) is 12.4. The molecule has 0 aromatic heterocycles. The topological polar surface area (TPSA) is 154 Å². The zero-order valence-electron chi connectivity index (χ0n) is 9.31. The maximum atomic E-state index is 11.8. The van der Waals surface area contributed by atoms with Crippen LogP contribution >= 0.6 is 12.2 Å². The highest BCUT2D eigenvalue weighted by molar-refractivity contribution is 7.90. The quantitative estimate of drug-likeness (QED) is 0.220. The Labute approximate surface area is 113 Å². The molecule has 0 unspecified atom stereocenters. The standard InChI is InChI=1S/C8H9N5O4S2/c9-7(11-8(10)18)12-19(16,17)6-3-1-2-5(4-6)13(14)15/h1-4H,(H5,9,10,11,12,18). The first kappa shape index (κ1) is 14.8. The van der Waals surface area contributed by atoms with Gasteiger partial charge in [0.05, 0.1) is 9.82 Å². The second kappa shape index (κ2) is 5.58. The van der Waals surface area contributed by atoms with E-state index in [2.05, 4.69) is 21.9 Å². The number of thiocarbonyl (C=S) groups is 1. The number of non-ortho nitro benzene ring substituents is 1. The lowest BCUT2D eigenvalue weighted by molar-refractivity contribution is -0.385. The number of sulfonamides is 1. The van der Waals surface area contributed by atoms with Gasteiger partial charge in [0, 0.05) is 12.1 Å². The number of nitrogens with zero attached hydrogens (tertiary/aromatic N) is 2. The fraction of sp³-hybridized carbons (Fsp3) is 0. The number of nitrogens with one attached hydrogen (secondary N) is 1. The summed E-state index contributed by atoms with van der Waals surface area (Å²) in [5.41, 5.74) is 9.97. The fourth-order valence-corrected chi connectivity index (χ4v) is 2.12. The first-order valence-corrected chi connectivity index (χ1v) is 6.48. The van der Waals surface area contributed by atoms with Crippen LogP contribution in [0.3, 0.4) is 0 Å². The summed E-state index contributed by atoms with van der Waals surface area (Å²) >= 11 is 4.45. The van der Waals surface area contributed by atoms with Crippen molar-refractivity contribution in [1.82, 2.24) is 5.32 Å². The number of nitro groups is 1. The first-order chi connectivity index (χ1) is 8.72. The largest absolute Gasteiger partial charge is 0.376 e. The predicted molar refractivity (Wildman–Crippen MR) is 71.8 cm³/mol. The lowest BCUT2D eigenvalue weighted by Gasteiger charge is -2.03. The predicted octanol–water partition coefficient (Wildman–Crippen LogP) is -0.569. The average Bonchev–Trinajstić information content (AvgIpc) is 2.27. The maximum Gasteiger partial charge on any atom is 0.285 e. The molecule has 0 aliphatic carbocycles. The van der Waals surface area contributed by atoms with Crippen LogP contribution in [0.5, 0.6) is 0 Å². The van der Waals surface area contributed by atoms with Gasteiger partial charge in [-0.1, -0.05) is 6.07 Å². The van der Waals surface area contributed by atoms with Crippen molar-refractivity contribution in [2.75, 3.05) is 0 Å². The van der Waals surface area contributed by atoms with E-state index >= 15 is 0 Å². The van der Waals surface area contributed by atoms with Crippen LogP contribution in [0, 0.1) is 10.1 Å². The molecule has 0 fully saturated rings. The first-order valence-electron chi connectivity index (χ1n) is 4.64. The molecule has 0 spiro atoms. The van der Waals surface area contributed by atoms with E-state index in [1.807, 2.05) is 0 Å². The third-order valence-corrected chi connectivity index (χ3v) is 3.18. The molecule has 0 heterocycles. The Balaban J connectivity index is 3.17. The van der Waals surface area contributed by atoms with Crippen LogP contribution in [0.15, 0.2) is 33.6 Å². The molecule has 0 aliphatic heterocycles. The van der Waals surface area contributed by atoms with Gasteiger partial charge in [0.2, 0.25) is 5.96 Å². The van der Waals surface area contributed by atoms with E-state index in [1.165, 1.54) is 6.07 Å². The molecule has 0 atom stereocenters. The molecule has 0 bridgehead atoms. The number of benzene rings is 1. The van der Waals surface area contributed by atoms with Crippen molar-refractivity contribution in [3.63, 3.8) is 0 Å². The van der Waals surface area contributed by atoms with Crippen molar-refractivity contribution in [3.05, 3.63) is 34.4 Å². The zero-order valence-corrected chi connectivity index (χ0v) is 10.9. The summed E-state index contributed by atoms with van der Waals surface area (Å²) < 4.78 is 26.8. The van der Waals surface area contributed by atoms with Crippen LogP contribution in [0.4, 0.5) is 5.69 Å². The average molecular weight is 303 g/mol. The summed E-state index contributed by atoms with van der Waals surface area (Å²) in [6.07, 6.45) is 0. The SMILES string of the molecule is NC(=S)N/C(N)=N/S(=O)(=O)c1cccc([N+](=O)[O-])c1. The molecule has 102 valence electrons. The van der Waals surface area contributed by atoms with Crippen LogP contribution in [-0.2, 0) is 10.0 Å². The van der Waals surface area contributed by atoms with E-state index in [-0.39, 0.29) is 15.7 Å². The molecular formula is C8H9N5O4S2. The molecule has 0 radical (unpaired) electrons. The molecular weight excluding hydrogens is 294 g/mol. The molecule has 9 nitrogen and oxygen atoms in total. The van der Waals surface area contributed by atoms with Crippen molar-refractivity contribution < 1.29 is 13.3 Å². The van der Waals surface area contributed by atoms with Crippen molar-refractivity contribution in [1.29, 1.82) is 0 Å². The van der Waals surface area contributed by atoms with Gasteiger partial charge in [0.1, 0.15) is 0 Å². The summed E-state index contributed by atoms with van der Waals surface area (Å²) in [5.74, 6) is -0.529. The van der Waals surface area contributed by atoms with Crippen LogP contribution < -0.4 is 16.8 Å². The molecule has 1 aromatic carbocycles. The highest BCUT2D eigenvalue weighted by Gasteiger charge is 2.17. The minimum atomic E-state index is -4.18. The molecule has 1 aromatic rings. The Morgan fingerprint density at radius 3 is 2.58 bits per heavy atom. The minimum Gasteiger partial charge on any atom is -0.376 e. The fourth-order valence-electron chi connectivity index (χ4n) is 1.09. The van der Waals surface area contributed by atoms with Crippen LogP contribution in [0.25, 0.3) is 0 Å². The van der Waals surface area contributed by atoms with E-state index in [1.54, 1.807) is 0 Å². The molecule has 0 aliphatic rings. The van der Waals surface area contributed by atoms with Crippen molar-refractivity contribution >= 4 is 39.0 Å². The highest BCUT2D eigenvalue weighted by Crippen LogP contribution is 2.18. The van der Waals surface area contributed by atoms with Crippen molar-refractivity contribution in [2.45, 2.75) is 4.90 Å². The van der Waals surface area contributed by atoms with Crippen LogP contribution in [0.2, 0.25) is 0 Å². The van der Waals surface area contributed by atoms with Gasteiger partial charge in [-0.05, 0) is 18.3 Å². The van der Waals surface area contributed by atoms with Gasteiger partial charge in [-0.15, -0.1) is 4.40 Å². The summed E-state index contributed by atoms with van der Waals surface area (Å²) in [4.78, 5) is 9.46. The molecule has 5 N–H and O–H groups in total. The van der Waals surface area contributed by atoms with E-state index in [9.17, 15) is 18.5 Å². The minimum absolute atomic E-state index is 0.254. The van der Waals surface area contributed by atoms with E-state index in [4.69, 9.17) is 11.5 Å². The van der Waals surface area contributed by atoms with Gasteiger partial charge in [0.25, 0.3) is 15.7 Å². The van der Waals surface area contributed by atoms with Crippen molar-refractivity contribution in [2.24, 2.45) is 15.9 Å². The maximum absolute atomic E-state index is 11.8. The third kappa shape index (κ3) is 4.15. The van der Waals surface area contributed by atoms with Crippen molar-refractivity contribution in [3.8, 4) is 0 Å². The smallest absolute Gasteiger partial charge is 0.285 e. The van der Waals surface area contributed by atoms with Gasteiger partial charge in [-0.25, -0.2) is 0 Å². The molecule has 1 rings (SSSR count). The van der Waals surface area contributed by atoms with E-state index in [0.29, 0.717) is 0 Å². The lowest BCUT2D eigenvalue weighted by Crippen LogP contribution is -2.40. The summed E-state index contributed by atoms with van der Waals surface area (Å²) in [6, 6.07) is 4.39. The number of guanidine groups is 1. The van der Waals surface area contributed by atoms with Gasteiger partial charge < -0.3 is 16.8 Å². The van der Waals surface area contributed by atoms with E-state index < -0.39 is 20.9 Å². The van der Waals surface area contributed by atoms with Gasteiger partial charge >= 0.3 is 0 Å². The number of nitrogens with two attached hydrogens (primary N) is 2. The number of rotatable bonds is 3. The van der Waals surface area contributed by atoms with Crippen LogP contribution in [-0.4, -0.2) is 24.4 Å². The summed E-state index contributed by atoms with van der Waals surface area (Å²) in [6.45, 7) is 0.